The second-order valence-corrected chi connectivity index (χ2v) is 5.82. The first kappa shape index (κ1) is 14.8. The number of ether oxygens (including phenoxy) is 1. The van der Waals surface area contributed by atoms with Gasteiger partial charge in [-0.1, -0.05) is 23.7 Å². The van der Waals surface area contributed by atoms with Crippen molar-refractivity contribution in [3.63, 3.8) is 0 Å². The van der Waals surface area contributed by atoms with Crippen LogP contribution in [-0.4, -0.2) is 25.8 Å². The topological polar surface area (TPSA) is 21.3 Å². The first-order valence-electron chi connectivity index (χ1n) is 7.31. The lowest BCUT2D eigenvalue weighted by atomic mass is 9.99. The van der Waals surface area contributed by atoms with Crippen molar-refractivity contribution in [1.29, 1.82) is 0 Å². The van der Waals surface area contributed by atoms with Crippen molar-refractivity contribution in [3.8, 4) is 0 Å². The summed E-state index contributed by atoms with van der Waals surface area (Å²) in [6, 6.07) is 8.69. The smallest absolute Gasteiger partial charge is 0.0576 e. The van der Waals surface area contributed by atoms with Crippen LogP contribution < -0.4 is 5.32 Å². The second kappa shape index (κ2) is 7.88. The molecule has 1 aliphatic heterocycles. The molecule has 1 N–H and O–H groups in total. The fourth-order valence-corrected chi connectivity index (χ4v) is 2.97. The molecule has 3 heteroatoms. The summed E-state index contributed by atoms with van der Waals surface area (Å²) in [6.07, 6.45) is 7.68. The van der Waals surface area contributed by atoms with Crippen LogP contribution in [0.15, 0.2) is 24.3 Å². The first-order valence-corrected chi connectivity index (χ1v) is 7.69. The third-order valence-corrected chi connectivity index (χ3v) is 4.12. The normalized spacial score (nSPS) is 20.6. The molecular weight excluding hydrogens is 258 g/mol. The monoisotopic (exact) mass is 281 g/mol. The summed E-state index contributed by atoms with van der Waals surface area (Å²) < 4.78 is 5.66. The highest BCUT2D eigenvalue weighted by molar-refractivity contribution is 6.30. The third kappa shape index (κ3) is 5.13. The number of halogens is 1. The van der Waals surface area contributed by atoms with Gasteiger partial charge in [0, 0.05) is 17.7 Å². The van der Waals surface area contributed by atoms with Crippen molar-refractivity contribution < 1.29 is 4.74 Å². The Morgan fingerprint density at radius 3 is 3.05 bits per heavy atom. The highest BCUT2D eigenvalue weighted by Gasteiger charge is 2.16. The van der Waals surface area contributed by atoms with Gasteiger partial charge in [-0.25, -0.2) is 0 Å². The Hall–Kier alpha value is -0.570. The predicted octanol–water partition coefficient (Wildman–Crippen LogP) is 3.82. The van der Waals surface area contributed by atoms with Gasteiger partial charge in [0.05, 0.1) is 6.10 Å². The van der Waals surface area contributed by atoms with E-state index >= 15 is 0 Å². The molecule has 19 heavy (non-hydrogen) atoms. The Kier molecular flexibility index (Phi) is 6.15. The van der Waals surface area contributed by atoms with Crippen LogP contribution in [0.3, 0.4) is 0 Å². The molecule has 1 fully saturated rings. The Morgan fingerprint density at radius 2 is 2.37 bits per heavy atom. The van der Waals surface area contributed by atoms with Gasteiger partial charge in [0.2, 0.25) is 0 Å². The summed E-state index contributed by atoms with van der Waals surface area (Å²) in [4.78, 5) is 0. The Morgan fingerprint density at radius 1 is 1.47 bits per heavy atom. The maximum Gasteiger partial charge on any atom is 0.0576 e. The molecular formula is C16H24ClNO. The molecule has 0 radical (unpaired) electrons. The van der Waals surface area contributed by atoms with Crippen LogP contribution in [0, 0.1) is 0 Å². The molecule has 1 aromatic carbocycles. The molecule has 0 bridgehead atoms. The molecule has 2 rings (SSSR count). The standard InChI is InChI=1S/C16H24ClNO/c1-18-15(7-3-8-16-9-4-10-19-16)12-13-5-2-6-14(17)11-13/h2,5-6,11,15-16,18H,3-4,7-10,12H2,1H3. The van der Waals surface area contributed by atoms with Crippen LogP contribution in [0.5, 0.6) is 0 Å². The number of rotatable bonds is 7. The zero-order valence-electron chi connectivity index (χ0n) is 11.7. The van der Waals surface area contributed by atoms with Gasteiger partial charge < -0.3 is 10.1 Å². The maximum atomic E-state index is 6.02. The van der Waals surface area contributed by atoms with E-state index in [1.807, 2.05) is 19.2 Å². The van der Waals surface area contributed by atoms with Crippen molar-refractivity contribution in [2.24, 2.45) is 0 Å². The van der Waals surface area contributed by atoms with E-state index < -0.39 is 0 Å². The molecule has 0 aliphatic carbocycles. The predicted molar refractivity (Wildman–Crippen MR) is 80.8 cm³/mol. The van der Waals surface area contributed by atoms with Crippen molar-refractivity contribution in [1.82, 2.24) is 5.32 Å². The molecule has 106 valence electrons. The molecule has 2 nitrogen and oxygen atoms in total. The van der Waals surface area contributed by atoms with Gasteiger partial charge in [-0.3, -0.25) is 0 Å². The first-order chi connectivity index (χ1) is 9.28. The molecule has 2 unspecified atom stereocenters. The van der Waals surface area contributed by atoms with Gasteiger partial charge >= 0.3 is 0 Å². The second-order valence-electron chi connectivity index (χ2n) is 5.39. The minimum Gasteiger partial charge on any atom is -0.378 e. The average molecular weight is 282 g/mol. The van der Waals surface area contributed by atoms with Gasteiger partial charge in [0.25, 0.3) is 0 Å². The molecule has 0 spiro atoms. The van der Waals surface area contributed by atoms with E-state index in [0.717, 1.165) is 18.1 Å². The van der Waals surface area contributed by atoms with E-state index in [-0.39, 0.29) is 0 Å². The fourth-order valence-electron chi connectivity index (χ4n) is 2.76. The zero-order chi connectivity index (χ0) is 13.5. The van der Waals surface area contributed by atoms with E-state index in [9.17, 15) is 0 Å². The lowest BCUT2D eigenvalue weighted by Gasteiger charge is -2.17. The van der Waals surface area contributed by atoms with E-state index in [2.05, 4.69) is 17.4 Å². The summed E-state index contributed by atoms with van der Waals surface area (Å²) in [7, 11) is 2.04. The average Bonchev–Trinajstić information content (AvgIpc) is 2.91. The lowest BCUT2D eigenvalue weighted by Crippen LogP contribution is -2.27. The highest BCUT2D eigenvalue weighted by atomic mass is 35.5. The summed E-state index contributed by atoms with van der Waals surface area (Å²) in [5, 5.41) is 4.24. The summed E-state index contributed by atoms with van der Waals surface area (Å²) in [6.45, 7) is 0.961. The number of hydrogen-bond donors (Lipinski definition) is 1. The quantitative estimate of drug-likeness (QED) is 0.820. The highest BCUT2D eigenvalue weighted by Crippen LogP contribution is 2.19. The van der Waals surface area contributed by atoms with Gasteiger partial charge in [0.1, 0.15) is 0 Å². The number of likely N-dealkylation sites (N-methyl/N-ethyl adjacent to an activating group) is 1. The van der Waals surface area contributed by atoms with E-state index in [1.54, 1.807) is 0 Å². The third-order valence-electron chi connectivity index (χ3n) is 3.88. The van der Waals surface area contributed by atoms with Crippen molar-refractivity contribution in [2.75, 3.05) is 13.7 Å². The molecule has 2 atom stereocenters. The van der Waals surface area contributed by atoms with Crippen LogP contribution in [0.25, 0.3) is 0 Å². The molecule has 1 aromatic rings. The van der Waals surface area contributed by atoms with Crippen molar-refractivity contribution >= 4 is 11.6 Å². The molecule has 0 saturated carbocycles. The van der Waals surface area contributed by atoms with Crippen LogP contribution in [-0.2, 0) is 11.2 Å². The fraction of sp³-hybridized carbons (Fsp3) is 0.625. The van der Waals surface area contributed by atoms with Gasteiger partial charge in [-0.2, -0.15) is 0 Å². The summed E-state index contributed by atoms with van der Waals surface area (Å²) in [5.74, 6) is 0. The van der Waals surface area contributed by atoms with Crippen LogP contribution in [0.1, 0.15) is 37.7 Å². The minimum absolute atomic E-state index is 0.517. The van der Waals surface area contributed by atoms with E-state index in [4.69, 9.17) is 16.3 Å². The van der Waals surface area contributed by atoms with Crippen molar-refractivity contribution in [2.45, 2.75) is 50.7 Å². The molecule has 0 aromatic heterocycles. The van der Waals surface area contributed by atoms with Gasteiger partial charge in [0.15, 0.2) is 0 Å². The largest absolute Gasteiger partial charge is 0.378 e. The number of hydrogen-bond acceptors (Lipinski definition) is 2. The maximum absolute atomic E-state index is 6.02. The van der Waals surface area contributed by atoms with E-state index in [1.165, 1.54) is 37.7 Å². The summed E-state index contributed by atoms with van der Waals surface area (Å²) in [5.41, 5.74) is 1.31. The number of nitrogens with one attached hydrogen (secondary N) is 1. The molecule has 1 saturated heterocycles. The Labute approximate surface area is 121 Å². The van der Waals surface area contributed by atoms with Crippen LogP contribution >= 0.6 is 11.6 Å². The van der Waals surface area contributed by atoms with Crippen LogP contribution in [0.2, 0.25) is 5.02 Å². The lowest BCUT2D eigenvalue weighted by molar-refractivity contribution is 0.101. The molecule has 1 aliphatic rings. The minimum atomic E-state index is 0.517. The van der Waals surface area contributed by atoms with Crippen molar-refractivity contribution in [3.05, 3.63) is 34.9 Å². The summed E-state index contributed by atoms with van der Waals surface area (Å²) >= 11 is 6.02. The zero-order valence-corrected chi connectivity index (χ0v) is 12.5. The number of benzene rings is 1. The molecule has 0 amide bonds. The van der Waals surface area contributed by atoms with E-state index in [0.29, 0.717) is 12.1 Å². The van der Waals surface area contributed by atoms with Gasteiger partial charge in [-0.05, 0) is 63.3 Å². The van der Waals surface area contributed by atoms with Gasteiger partial charge in [-0.15, -0.1) is 0 Å². The molecule has 1 heterocycles. The Balaban J connectivity index is 1.73. The Bertz CT molecular complexity index is 377. The van der Waals surface area contributed by atoms with Crippen LogP contribution in [0.4, 0.5) is 0 Å². The SMILES string of the molecule is CNC(CCCC1CCCO1)Cc1cccc(Cl)c1.